The number of benzene rings is 1. The molecule has 0 aliphatic heterocycles. The Morgan fingerprint density at radius 3 is 2.65 bits per heavy atom. The van der Waals surface area contributed by atoms with Crippen LogP contribution >= 0.6 is 10.8 Å². The standard InChI is InChI=1S/C13H18N2O3S2/c16-20(17,18)19-10-6-2-1-3-9-13-14-11-7-4-5-8-12(11)15-13/h4-5,7-8H,1-3,6,9-10H2,(H,14,15)(H,16,17,18). The van der Waals surface area contributed by atoms with Gasteiger partial charge in [-0.15, -0.1) is 0 Å². The first-order valence-electron chi connectivity index (χ1n) is 6.60. The van der Waals surface area contributed by atoms with Crippen molar-refractivity contribution in [1.82, 2.24) is 9.97 Å². The average molecular weight is 314 g/mol. The Labute approximate surface area is 122 Å². The maximum absolute atomic E-state index is 10.5. The van der Waals surface area contributed by atoms with E-state index in [-0.39, 0.29) is 0 Å². The minimum absolute atomic E-state index is 0.448. The zero-order chi connectivity index (χ0) is 14.4. The molecule has 0 spiro atoms. The molecule has 0 radical (unpaired) electrons. The van der Waals surface area contributed by atoms with E-state index < -0.39 is 9.15 Å². The lowest BCUT2D eigenvalue weighted by Crippen LogP contribution is -1.93. The number of hydrogen-bond acceptors (Lipinski definition) is 4. The number of aryl methyl sites for hydroxylation is 1. The summed E-state index contributed by atoms with van der Waals surface area (Å²) in [5.41, 5.74) is 2.05. The van der Waals surface area contributed by atoms with Gasteiger partial charge in [0.15, 0.2) is 0 Å². The molecule has 0 amide bonds. The number of nitrogens with one attached hydrogen (secondary N) is 1. The zero-order valence-corrected chi connectivity index (χ0v) is 12.7. The fraction of sp³-hybridized carbons (Fsp3) is 0.462. The number of aromatic amines is 1. The lowest BCUT2D eigenvalue weighted by molar-refractivity contribution is 0.503. The van der Waals surface area contributed by atoms with Crippen molar-refractivity contribution in [2.45, 2.75) is 32.1 Å². The van der Waals surface area contributed by atoms with Crippen LogP contribution in [0.15, 0.2) is 24.3 Å². The van der Waals surface area contributed by atoms with E-state index in [0.717, 1.165) is 49.0 Å². The number of hydrogen-bond donors (Lipinski definition) is 2. The molecule has 0 atom stereocenters. The topological polar surface area (TPSA) is 83.1 Å². The molecule has 110 valence electrons. The molecule has 0 saturated heterocycles. The lowest BCUT2D eigenvalue weighted by Gasteiger charge is -1.99. The fourth-order valence-electron chi connectivity index (χ4n) is 2.04. The summed E-state index contributed by atoms with van der Waals surface area (Å²) in [6, 6.07) is 7.96. The van der Waals surface area contributed by atoms with Crippen LogP contribution in [0.1, 0.15) is 31.5 Å². The van der Waals surface area contributed by atoms with Crippen LogP contribution in [0.25, 0.3) is 11.0 Å². The van der Waals surface area contributed by atoms with Crippen molar-refractivity contribution in [3.05, 3.63) is 30.1 Å². The largest absolute Gasteiger partial charge is 0.342 e. The van der Waals surface area contributed by atoms with E-state index in [1.54, 1.807) is 0 Å². The monoisotopic (exact) mass is 314 g/mol. The zero-order valence-electron chi connectivity index (χ0n) is 11.1. The quantitative estimate of drug-likeness (QED) is 0.444. The van der Waals surface area contributed by atoms with Gasteiger partial charge in [-0.2, -0.15) is 8.42 Å². The summed E-state index contributed by atoms with van der Waals surface area (Å²) in [6.07, 6.45) is 4.72. The van der Waals surface area contributed by atoms with Crippen molar-refractivity contribution < 1.29 is 13.0 Å². The second-order valence-electron chi connectivity index (χ2n) is 4.61. The number of unbranched alkanes of at least 4 members (excludes halogenated alkanes) is 3. The molecule has 0 bridgehead atoms. The highest BCUT2D eigenvalue weighted by atomic mass is 33.1. The second-order valence-corrected chi connectivity index (χ2v) is 8.08. The number of fused-ring (bicyclic) bond motifs is 1. The van der Waals surface area contributed by atoms with E-state index in [1.807, 2.05) is 24.3 Å². The smallest absolute Gasteiger partial charge is 0.319 e. The van der Waals surface area contributed by atoms with E-state index in [0.29, 0.717) is 16.5 Å². The van der Waals surface area contributed by atoms with Gasteiger partial charge < -0.3 is 4.98 Å². The Bertz CT molecular complexity index is 619. The third kappa shape index (κ3) is 5.15. The van der Waals surface area contributed by atoms with Crippen LogP contribution < -0.4 is 0 Å². The van der Waals surface area contributed by atoms with Gasteiger partial charge in [0.2, 0.25) is 0 Å². The van der Waals surface area contributed by atoms with Crippen molar-refractivity contribution in [3.8, 4) is 0 Å². The SMILES string of the molecule is O=S(=O)(O)SCCCCCCc1nc2ccccc2[nH]1. The molecule has 5 nitrogen and oxygen atoms in total. The average Bonchev–Trinajstić information content (AvgIpc) is 2.79. The van der Waals surface area contributed by atoms with Crippen LogP contribution in [-0.4, -0.2) is 28.7 Å². The Morgan fingerprint density at radius 1 is 1.15 bits per heavy atom. The van der Waals surface area contributed by atoms with Crippen LogP contribution in [0.3, 0.4) is 0 Å². The molecule has 1 aromatic heterocycles. The van der Waals surface area contributed by atoms with Gasteiger partial charge in [0.1, 0.15) is 5.82 Å². The van der Waals surface area contributed by atoms with E-state index in [4.69, 9.17) is 4.55 Å². The molecular weight excluding hydrogens is 296 g/mol. The van der Waals surface area contributed by atoms with Gasteiger partial charge >= 0.3 is 9.15 Å². The molecule has 20 heavy (non-hydrogen) atoms. The van der Waals surface area contributed by atoms with Gasteiger partial charge in [0.25, 0.3) is 0 Å². The maximum atomic E-state index is 10.5. The minimum atomic E-state index is -3.87. The van der Waals surface area contributed by atoms with Crippen molar-refractivity contribution in [2.75, 3.05) is 5.75 Å². The lowest BCUT2D eigenvalue weighted by atomic mass is 10.1. The third-order valence-electron chi connectivity index (χ3n) is 2.98. The second kappa shape index (κ2) is 7.10. The molecule has 0 aliphatic carbocycles. The Morgan fingerprint density at radius 2 is 1.90 bits per heavy atom. The number of H-pyrrole nitrogens is 1. The maximum Gasteiger partial charge on any atom is 0.319 e. The number of nitrogens with zero attached hydrogens (tertiary/aromatic N) is 1. The number of imidazole rings is 1. The summed E-state index contributed by atoms with van der Waals surface area (Å²) in [5, 5.41) is 0. The fourth-order valence-corrected chi connectivity index (χ4v) is 3.55. The van der Waals surface area contributed by atoms with E-state index in [9.17, 15) is 8.42 Å². The molecule has 0 aliphatic rings. The predicted molar refractivity (Wildman–Crippen MR) is 82.3 cm³/mol. The first-order valence-corrected chi connectivity index (χ1v) is 9.54. The molecule has 1 heterocycles. The molecule has 0 saturated carbocycles. The van der Waals surface area contributed by atoms with Gasteiger partial charge in [0.05, 0.1) is 11.0 Å². The van der Waals surface area contributed by atoms with Crippen molar-refractivity contribution >= 4 is 31.0 Å². The third-order valence-corrected chi connectivity index (χ3v) is 5.13. The highest BCUT2D eigenvalue weighted by Gasteiger charge is 2.04. The van der Waals surface area contributed by atoms with Gasteiger partial charge in [-0.05, 0) is 35.8 Å². The van der Waals surface area contributed by atoms with Gasteiger partial charge in [-0.1, -0.05) is 25.0 Å². The summed E-state index contributed by atoms with van der Waals surface area (Å²) in [4.78, 5) is 7.80. The molecule has 0 unspecified atom stereocenters. The summed E-state index contributed by atoms with van der Waals surface area (Å²) in [7, 11) is -3.27. The molecule has 2 aromatic rings. The summed E-state index contributed by atoms with van der Waals surface area (Å²) < 4.78 is 29.6. The number of para-hydroxylation sites is 2. The van der Waals surface area contributed by atoms with E-state index in [2.05, 4.69) is 9.97 Å². The molecule has 1 aromatic carbocycles. The summed E-state index contributed by atoms with van der Waals surface area (Å²) in [5.74, 6) is 1.45. The highest BCUT2D eigenvalue weighted by molar-refractivity contribution is 8.69. The van der Waals surface area contributed by atoms with Crippen LogP contribution in [0, 0.1) is 0 Å². The minimum Gasteiger partial charge on any atom is -0.342 e. The van der Waals surface area contributed by atoms with Crippen molar-refractivity contribution in [2.24, 2.45) is 0 Å². The Kier molecular flexibility index (Phi) is 5.45. The molecular formula is C13H18N2O3S2. The molecule has 2 N–H and O–H groups in total. The van der Waals surface area contributed by atoms with Gasteiger partial charge in [-0.3, -0.25) is 4.55 Å². The normalized spacial score (nSPS) is 12.1. The predicted octanol–water partition coefficient (Wildman–Crippen LogP) is 3.20. The molecule has 0 fully saturated rings. The number of rotatable bonds is 8. The number of aromatic nitrogens is 2. The van der Waals surface area contributed by atoms with Crippen LogP contribution in [0.2, 0.25) is 0 Å². The van der Waals surface area contributed by atoms with Gasteiger partial charge in [-0.25, -0.2) is 4.98 Å². The highest BCUT2D eigenvalue weighted by Crippen LogP contribution is 2.15. The Balaban J connectivity index is 1.64. The van der Waals surface area contributed by atoms with Crippen molar-refractivity contribution in [3.63, 3.8) is 0 Å². The first-order chi connectivity index (χ1) is 9.54. The first kappa shape index (κ1) is 15.3. The van der Waals surface area contributed by atoms with Crippen LogP contribution in [-0.2, 0) is 15.6 Å². The Hall–Kier alpha value is -1.05. The molecule has 7 heteroatoms. The summed E-state index contributed by atoms with van der Waals surface area (Å²) in [6.45, 7) is 0. The van der Waals surface area contributed by atoms with E-state index >= 15 is 0 Å². The van der Waals surface area contributed by atoms with Crippen LogP contribution in [0.4, 0.5) is 0 Å². The summed E-state index contributed by atoms with van der Waals surface area (Å²) >= 11 is 0. The van der Waals surface area contributed by atoms with Crippen molar-refractivity contribution in [1.29, 1.82) is 0 Å². The van der Waals surface area contributed by atoms with Gasteiger partial charge in [0, 0.05) is 12.2 Å². The van der Waals surface area contributed by atoms with Crippen LogP contribution in [0.5, 0.6) is 0 Å². The van der Waals surface area contributed by atoms with E-state index in [1.165, 1.54) is 0 Å². The molecule has 2 rings (SSSR count).